The number of aryl methyl sites for hydroxylation is 1. The number of amides is 2. The molecule has 1 N–H and O–H groups in total. The average molecular weight is 451 g/mol. The van der Waals surface area contributed by atoms with Gasteiger partial charge in [0.25, 0.3) is 5.91 Å². The number of piperidine rings is 1. The van der Waals surface area contributed by atoms with Crippen molar-refractivity contribution in [1.82, 2.24) is 4.90 Å². The van der Waals surface area contributed by atoms with E-state index < -0.39 is 5.82 Å². The summed E-state index contributed by atoms with van der Waals surface area (Å²) >= 11 is 6.03. The highest BCUT2D eigenvalue weighted by atomic mass is 35.5. The minimum Gasteiger partial charge on any atom is -0.331 e. The van der Waals surface area contributed by atoms with Crippen LogP contribution in [0.2, 0.25) is 5.02 Å². The Morgan fingerprint density at radius 1 is 1.00 bits per heavy atom. The number of carbonyl (C=O) groups is 2. The van der Waals surface area contributed by atoms with Gasteiger partial charge in [-0.3, -0.25) is 9.59 Å². The molecule has 0 spiro atoms. The fraction of sp³-hybridized carbons (Fsp3) is 0.231. The highest BCUT2D eigenvalue weighted by Crippen LogP contribution is 2.35. The first-order chi connectivity index (χ1) is 15.4. The van der Waals surface area contributed by atoms with Crippen LogP contribution in [0.15, 0.2) is 72.8 Å². The number of hydrogen-bond acceptors (Lipinski definition) is 2. The molecule has 2 atom stereocenters. The lowest BCUT2D eigenvalue weighted by atomic mass is 9.87. The van der Waals surface area contributed by atoms with E-state index in [1.54, 1.807) is 29.2 Å². The number of benzene rings is 3. The van der Waals surface area contributed by atoms with Crippen LogP contribution in [0.1, 0.15) is 40.4 Å². The molecule has 0 saturated carbocycles. The first-order valence-electron chi connectivity index (χ1n) is 10.6. The molecule has 4 nitrogen and oxygen atoms in total. The zero-order chi connectivity index (χ0) is 22.7. The van der Waals surface area contributed by atoms with Crippen molar-refractivity contribution in [2.45, 2.75) is 25.8 Å². The standard InChI is InChI=1S/C26H24ClFN2O2/c1-17-4-2-5-19(14-17)24-13-10-20(25(31)29-23-7-3-6-21(27)15-23)16-30(24)26(32)18-8-11-22(28)12-9-18/h2-9,11-12,14-15,20,24H,10,13,16H2,1H3,(H,29,31). The number of hydrogen-bond donors (Lipinski definition) is 1. The maximum atomic E-state index is 13.4. The summed E-state index contributed by atoms with van der Waals surface area (Å²) < 4.78 is 13.4. The molecule has 0 aromatic heterocycles. The predicted molar refractivity (Wildman–Crippen MR) is 124 cm³/mol. The number of nitrogens with zero attached hydrogens (tertiary/aromatic N) is 1. The van der Waals surface area contributed by atoms with Crippen molar-refractivity contribution in [2.75, 3.05) is 11.9 Å². The lowest BCUT2D eigenvalue weighted by Crippen LogP contribution is -2.45. The van der Waals surface area contributed by atoms with Crippen LogP contribution in [0.25, 0.3) is 0 Å². The lowest BCUT2D eigenvalue weighted by Gasteiger charge is -2.39. The van der Waals surface area contributed by atoms with Crippen molar-refractivity contribution < 1.29 is 14.0 Å². The number of nitrogens with one attached hydrogen (secondary N) is 1. The Bertz CT molecular complexity index is 1130. The van der Waals surface area contributed by atoms with E-state index in [0.717, 1.165) is 11.1 Å². The second-order valence-corrected chi connectivity index (χ2v) is 8.60. The lowest BCUT2D eigenvalue weighted by molar-refractivity contribution is -0.121. The largest absolute Gasteiger partial charge is 0.331 e. The third-order valence-electron chi connectivity index (χ3n) is 5.82. The van der Waals surface area contributed by atoms with Crippen LogP contribution < -0.4 is 5.32 Å². The topological polar surface area (TPSA) is 49.4 Å². The first-order valence-corrected chi connectivity index (χ1v) is 11.0. The molecule has 32 heavy (non-hydrogen) atoms. The van der Waals surface area contributed by atoms with Crippen molar-refractivity contribution in [3.05, 3.63) is 100 Å². The van der Waals surface area contributed by atoms with Crippen LogP contribution in [0.4, 0.5) is 10.1 Å². The van der Waals surface area contributed by atoms with Gasteiger partial charge >= 0.3 is 0 Å². The molecule has 1 fully saturated rings. The minimum atomic E-state index is -0.394. The molecule has 0 radical (unpaired) electrons. The Kier molecular flexibility index (Phi) is 6.56. The Morgan fingerprint density at radius 2 is 1.75 bits per heavy atom. The zero-order valence-electron chi connectivity index (χ0n) is 17.7. The van der Waals surface area contributed by atoms with Gasteiger partial charge in [-0.05, 0) is 67.8 Å². The van der Waals surface area contributed by atoms with E-state index in [2.05, 4.69) is 11.4 Å². The molecule has 4 rings (SSSR count). The molecule has 0 bridgehead atoms. The van der Waals surface area contributed by atoms with Gasteiger partial charge in [0.1, 0.15) is 5.82 Å². The summed E-state index contributed by atoms with van der Waals surface area (Å²) in [6.45, 7) is 2.29. The van der Waals surface area contributed by atoms with Crippen molar-refractivity contribution in [2.24, 2.45) is 5.92 Å². The predicted octanol–water partition coefficient (Wildman–Crippen LogP) is 6.02. The molecule has 2 unspecified atom stereocenters. The maximum absolute atomic E-state index is 13.4. The Morgan fingerprint density at radius 3 is 2.47 bits per heavy atom. The summed E-state index contributed by atoms with van der Waals surface area (Å²) in [5.74, 6) is -1.11. The van der Waals surface area contributed by atoms with Gasteiger partial charge < -0.3 is 10.2 Å². The Hall–Kier alpha value is -3.18. The van der Waals surface area contributed by atoms with E-state index in [0.29, 0.717) is 29.1 Å². The fourth-order valence-corrected chi connectivity index (χ4v) is 4.39. The summed E-state index contributed by atoms with van der Waals surface area (Å²) in [7, 11) is 0. The smallest absolute Gasteiger partial charge is 0.254 e. The van der Waals surface area contributed by atoms with Crippen LogP contribution in [0.3, 0.4) is 0 Å². The van der Waals surface area contributed by atoms with Gasteiger partial charge in [-0.25, -0.2) is 4.39 Å². The van der Waals surface area contributed by atoms with Crippen molar-refractivity contribution in [3.8, 4) is 0 Å². The van der Waals surface area contributed by atoms with Gasteiger partial charge in [-0.15, -0.1) is 0 Å². The van der Waals surface area contributed by atoms with E-state index in [9.17, 15) is 14.0 Å². The van der Waals surface area contributed by atoms with Crippen LogP contribution >= 0.6 is 11.6 Å². The van der Waals surface area contributed by atoms with Gasteiger partial charge in [0, 0.05) is 22.8 Å². The SMILES string of the molecule is Cc1cccc(C2CCC(C(=O)Nc3cccc(Cl)c3)CN2C(=O)c2ccc(F)cc2)c1. The van der Waals surface area contributed by atoms with E-state index >= 15 is 0 Å². The molecule has 0 aliphatic carbocycles. The number of rotatable bonds is 4. The molecule has 1 saturated heterocycles. The quantitative estimate of drug-likeness (QED) is 0.528. The number of carbonyl (C=O) groups excluding carboxylic acids is 2. The molecular weight excluding hydrogens is 427 g/mol. The van der Waals surface area contributed by atoms with E-state index in [-0.39, 0.29) is 30.3 Å². The normalized spacial score (nSPS) is 18.3. The van der Waals surface area contributed by atoms with Gasteiger partial charge in [0.05, 0.1) is 12.0 Å². The molecule has 1 heterocycles. The Labute approximate surface area is 192 Å². The molecular formula is C26H24ClFN2O2. The third-order valence-corrected chi connectivity index (χ3v) is 6.06. The molecule has 164 valence electrons. The highest BCUT2D eigenvalue weighted by molar-refractivity contribution is 6.30. The summed E-state index contributed by atoms with van der Waals surface area (Å²) in [6.07, 6.45) is 1.31. The Balaban J connectivity index is 1.59. The number of halogens is 2. The fourth-order valence-electron chi connectivity index (χ4n) is 4.20. The zero-order valence-corrected chi connectivity index (χ0v) is 18.5. The summed E-state index contributed by atoms with van der Waals surface area (Å²) in [4.78, 5) is 28.1. The second-order valence-electron chi connectivity index (χ2n) is 8.17. The van der Waals surface area contributed by atoms with E-state index in [1.807, 2.05) is 25.1 Å². The molecule has 6 heteroatoms. The highest BCUT2D eigenvalue weighted by Gasteiger charge is 2.36. The van der Waals surface area contributed by atoms with Crippen LogP contribution in [0, 0.1) is 18.7 Å². The molecule has 3 aromatic rings. The van der Waals surface area contributed by atoms with E-state index in [1.165, 1.54) is 24.3 Å². The van der Waals surface area contributed by atoms with Crippen LogP contribution in [0.5, 0.6) is 0 Å². The van der Waals surface area contributed by atoms with Crippen LogP contribution in [-0.4, -0.2) is 23.3 Å². The van der Waals surface area contributed by atoms with Gasteiger partial charge in [-0.1, -0.05) is 47.5 Å². The van der Waals surface area contributed by atoms with Crippen molar-refractivity contribution in [1.29, 1.82) is 0 Å². The molecule has 1 aliphatic heterocycles. The number of anilines is 1. The van der Waals surface area contributed by atoms with Gasteiger partial charge in [-0.2, -0.15) is 0 Å². The third kappa shape index (κ3) is 5.00. The summed E-state index contributed by atoms with van der Waals surface area (Å²) in [5.41, 5.74) is 3.17. The first kappa shape index (κ1) is 22.0. The number of likely N-dealkylation sites (tertiary alicyclic amines) is 1. The summed E-state index contributed by atoms with van der Waals surface area (Å²) in [6, 6.07) is 20.4. The van der Waals surface area contributed by atoms with Gasteiger partial charge in [0.2, 0.25) is 5.91 Å². The monoisotopic (exact) mass is 450 g/mol. The van der Waals surface area contributed by atoms with Crippen molar-refractivity contribution >= 4 is 29.1 Å². The minimum absolute atomic E-state index is 0.146. The molecule has 1 aliphatic rings. The second kappa shape index (κ2) is 9.53. The van der Waals surface area contributed by atoms with Gasteiger partial charge in [0.15, 0.2) is 0 Å². The summed E-state index contributed by atoms with van der Waals surface area (Å²) in [5, 5.41) is 3.45. The van der Waals surface area contributed by atoms with E-state index in [4.69, 9.17) is 11.6 Å². The maximum Gasteiger partial charge on any atom is 0.254 e. The van der Waals surface area contributed by atoms with Crippen LogP contribution in [-0.2, 0) is 4.79 Å². The molecule has 3 aromatic carbocycles. The molecule has 2 amide bonds. The average Bonchev–Trinajstić information content (AvgIpc) is 2.79. The van der Waals surface area contributed by atoms with Crippen molar-refractivity contribution in [3.63, 3.8) is 0 Å².